The maximum Gasteiger partial charge on any atom is 0.311 e. The SMILES string of the molecule is Cc1cc(OC(=O)CCCCCCCC[P+](c2ccccc2)(c2ccccc2)c2ccccc2)c(C(C)C)cc1-c1ccccc1.[Br-]. The van der Waals surface area contributed by atoms with E-state index in [1.165, 1.54) is 46.3 Å². The van der Waals surface area contributed by atoms with Gasteiger partial charge in [-0.05, 0) is 103 Å². The molecule has 0 saturated heterocycles. The van der Waals surface area contributed by atoms with Crippen LogP contribution in [0.4, 0.5) is 0 Å². The topological polar surface area (TPSA) is 26.3 Å². The Morgan fingerprint density at radius 3 is 1.55 bits per heavy atom. The summed E-state index contributed by atoms with van der Waals surface area (Å²) in [5.41, 5.74) is 4.59. The molecule has 0 fully saturated rings. The summed E-state index contributed by atoms with van der Waals surface area (Å²) in [6.45, 7) is 6.40. The smallest absolute Gasteiger partial charge is 0.311 e. The van der Waals surface area contributed by atoms with E-state index in [4.69, 9.17) is 4.74 Å². The predicted octanol–water partition coefficient (Wildman–Crippen LogP) is 7.42. The first-order chi connectivity index (χ1) is 22.5. The molecule has 5 rings (SSSR count). The highest BCUT2D eigenvalue weighted by Gasteiger charge is 2.44. The van der Waals surface area contributed by atoms with Crippen molar-refractivity contribution in [1.82, 2.24) is 0 Å². The van der Waals surface area contributed by atoms with Gasteiger partial charge in [-0.1, -0.05) is 118 Å². The number of unbranched alkanes of at least 4 members (excludes halogenated alkanes) is 5. The number of carbonyl (C=O) groups is 1. The Balaban J connectivity index is 0.00000500. The number of halogens is 1. The van der Waals surface area contributed by atoms with Crippen molar-refractivity contribution in [2.45, 2.75) is 71.6 Å². The van der Waals surface area contributed by atoms with Gasteiger partial charge in [0.25, 0.3) is 0 Å². The number of hydrogen-bond acceptors (Lipinski definition) is 2. The first kappa shape index (κ1) is 36.3. The highest BCUT2D eigenvalue weighted by atomic mass is 79.9. The minimum atomic E-state index is -1.76. The summed E-state index contributed by atoms with van der Waals surface area (Å²) in [7, 11) is -1.76. The number of rotatable bonds is 15. The van der Waals surface area contributed by atoms with Gasteiger partial charge in [0.2, 0.25) is 0 Å². The molecule has 0 spiro atoms. The molecule has 0 aliphatic heterocycles. The summed E-state index contributed by atoms with van der Waals surface area (Å²) < 4.78 is 5.95. The molecule has 5 aromatic carbocycles. The van der Waals surface area contributed by atoms with E-state index >= 15 is 0 Å². The Kier molecular flexibility index (Phi) is 14.0. The second kappa shape index (κ2) is 18.1. The lowest BCUT2D eigenvalue weighted by atomic mass is 9.93. The van der Waals surface area contributed by atoms with Gasteiger partial charge in [-0.25, -0.2) is 0 Å². The van der Waals surface area contributed by atoms with Gasteiger partial charge in [0.05, 0.1) is 6.16 Å². The molecule has 0 atom stereocenters. The lowest BCUT2D eigenvalue weighted by molar-refractivity contribution is -0.134. The summed E-state index contributed by atoms with van der Waals surface area (Å²) in [5, 5.41) is 4.37. The quantitative estimate of drug-likeness (QED) is 0.0491. The minimum Gasteiger partial charge on any atom is -1.00 e. The molecule has 0 N–H and O–H groups in total. The van der Waals surface area contributed by atoms with Gasteiger partial charge in [-0.2, -0.15) is 0 Å². The van der Waals surface area contributed by atoms with Crippen molar-refractivity contribution in [3.63, 3.8) is 0 Å². The number of aryl methyl sites for hydroxylation is 1. The average molecular weight is 708 g/mol. The molecule has 47 heavy (non-hydrogen) atoms. The van der Waals surface area contributed by atoms with Gasteiger partial charge < -0.3 is 21.7 Å². The van der Waals surface area contributed by atoms with E-state index in [-0.39, 0.29) is 28.9 Å². The van der Waals surface area contributed by atoms with Crippen molar-refractivity contribution in [2.24, 2.45) is 0 Å². The Bertz CT molecular complexity index is 1560. The van der Waals surface area contributed by atoms with Crippen LogP contribution >= 0.6 is 7.26 Å². The molecule has 0 aliphatic rings. The lowest BCUT2D eigenvalue weighted by Crippen LogP contribution is -3.00. The van der Waals surface area contributed by atoms with E-state index < -0.39 is 7.26 Å². The molecule has 2 nitrogen and oxygen atoms in total. The minimum absolute atomic E-state index is 0. The molecule has 0 unspecified atom stereocenters. The molecule has 0 bridgehead atoms. The number of hydrogen-bond donors (Lipinski definition) is 0. The zero-order valence-electron chi connectivity index (χ0n) is 28.1. The Morgan fingerprint density at radius 2 is 1.06 bits per heavy atom. The van der Waals surface area contributed by atoms with E-state index in [9.17, 15) is 4.79 Å². The van der Waals surface area contributed by atoms with Crippen molar-refractivity contribution in [3.05, 3.63) is 145 Å². The van der Waals surface area contributed by atoms with Gasteiger partial charge in [0.1, 0.15) is 28.9 Å². The maximum atomic E-state index is 12.9. The molecule has 0 radical (unpaired) electrons. The van der Waals surface area contributed by atoms with Crippen molar-refractivity contribution >= 4 is 29.1 Å². The highest BCUT2D eigenvalue weighted by molar-refractivity contribution is 7.95. The van der Waals surface area contributed by atoms with E-state index in [0.29, 0.717) is 12.2 Å². The van der Waals surface area contributed by atoms with Gasteiger partial charge in [0.15, 0.2) is 0 Å². The van der Waals surface area contributed by atoms with Crippen LogP contribution < -0.4 is 37.6 Å². The molecule has 0 amide bonds. The molecule has 244 valence electrons. The van der Waals surface area contributed by atoms with Crippen LogP contribution in [0.5, 0.6) is 5.75 Å². The van der Waals surface area contributed by atoms with Crippen molar-refractivity contribution in [2.75, 3.05) is 6.16 Å². The fourth-order valence-electron chi connectivity index (χ4n) is 6.55. The van der Waals surface area contributed by atoms with Gasteiger partial charge >= 0.3 is 5.97 Å². The third-order valence-electron chi connectivity index (χ3n) is 9.00. The molecule has 0 aliphatic carbocycles. The fraction of sp³-hybridized carbons (Fsp3) is 0.279. The largest absolute Gasteiger partial charge is 1.00 e. The van der Waals surface area contributed by atoms with Gasteiger partial charge in [-0.3, -0.25) is 4.79 Å². The van der Waals surface area contributed by atoms with Crippen molar-refractivity contribution < 1.29 is 26.5 Å². The Hall–Kier alpha value is -3.52. The third-order valence-corrected chi connectivity index (χ3v) is 13.5. The van der Waals surface area contributed by atoms with Crippen LogP contribution in [0.15, 0.2) is 133 Å². The summed E-state index contributed by atoms with van der Waals surface area (Å²) in [6.07, 6.45) is 8.25. The normalized spacial score (nSPS) is 11.2. The fourth-order valence-corrected chi connectivity index (χ4v) is 11.0. The van der Waals surface area contributed by atoms with Crippen LogP contribution in [-0.2, 0) is 4.79 Å². The maximum absolute atomic E-state index is 12.9. The van der Waals surface area contributed by atoms with E-state index in [2.05, 4.69) is 142 Å². The summed E-state index contributed by atoms with van der Waals surface area (Å²) in [4.78, 5) is 12.9. The molecule has 0 aromatic heterocycles. The molecular weight excluding hydrogens is 659 g/mol. The second-order valence-corrected chi connectivity index (χ2v) is 16.2. The average Bonchev–Trinajstić information content (AvgIpc) is 3.09. The van der Waals surface area contributed by atoms with Crippen LogP contribution in [0.3, 0.4) is 0 Å². The Labute approximate surface area is 293 Å². The van der Waals surface area contributed by atoms with Gasteiger partial charge in [0, 0.05) is 6.42 Å². The first-order valence-corrected chi connectivity index (χ1v) is 18.9. The highest BCUT2D eigenvalue weighted by Crippen LogP contribution is 2.56. The van der Waals surface area contributed by atoms with E-state index in [1.54, 1.807) is 0 Å². The monoisotopic (exact) mass is 706 g/mol. The zero-order chi connectivity index (χ0) is 32.2. The van der Waals surface area contributed by atoms with Crippen LogP contribution in [0, 0.1) is 6.92 Å². The molecular formula is C43H48BrO2P. The summed E-state index contributed by atoms with van der Waals surface area (Å²) in [5.74, 6) is 0.842. The number of carbonyl (C=O) groups excluding carboxylic acids is 1. The zero-order valence-corrected chi connectivity index (χ0v) is 30.6. The van der Waals surface area contributed by atoms with E-state index in [0.717, 1.165) is 36.6 Å². The molecule has 0 heterocycles. The van der Waals surface area contributed by atoms with Crippen LogP contribution in [0.1, 0.15) is 75.8 Å². The van der Waals surface area contributed by atoms with Crippen LogP contribution in [0.25, 0.3) is 11.1 Å². The summed E-state index contributed by atoms with van der Waals surface area (Å²) in [6, 6.07) is 48.1. The van der Waals surface area contributed by atoms with Crippen molar-refractivity contribution in [3.8, 4) is 16.9 Å². The van der Waals surface area contributed by atoms with Crippen LogP contribution in [0.2, 0.25) is 0 Å². The van der Waals surface area contributed by atoms with Crippen molar-refractivity contribution in [1.29, 1.82) is 0 Å². The molecule has 0 saturated carbocycles. The first-order valence-electron chi connectivity index (χ1n) is 16.9. The van der Waals surface area contributed by atoms with E-state index in [1.807, 2.05) is 12.1 Å². The molecule has 4 heteroatoms. The summed E-state index contributed by atoms with van der Waals surface area (Å²) >= 11 is 0. The number of benzene rings is 5. The Morgan fingerprint density at radius 1 is 0.617 bits per heavy atom. The predicted molar refractivity (Wildman–Crippen MR) is 199 cm³/mol. The number of esters is 1. The standard InChI is InChI=1S/C43H48O2P.BrH/c1-34(2)40-33-41(36-22-12-8-13-23-36)35(3)32-42(40)45-43(44)30-20-6-4-5-7-21-31-46(37-24-14-9-15-25-37,38-26-16-10-17-27-38)39-28-18-11-19-29-39;/h8-19,22-29,32-34H,4-7,20-21,30-31H2,1-3H3;1H/q+1;/p-1. The van der Waals surface area contributed by atoms with Crippen LogP contribution in [-0.4, -0.2) is 12.1 Å². The molecule has 5 aromatic rings. The third kappa shape index (κ3) is 9.31. The van der Waals surface area contributed by atoms with Gasteiger partial charge in [-0.15, -0.1) is 0 Å². The second-order valence-electron chi connectivity index (χ2n) is 12.6. The number of ether oxygens (including phenoxy) is 1. The lowest BCUT2D eigenvalue weighted by Gasteiger charge is -2.27.